The van der Waals surface area contributed by atoms with Crippen molar-refractivity contribution in [2.75, 3.05) is 0 Å². The molecule has 0 spiro atoms. The van der Waals surface area contributed by atoms with Crippen LogP contribution in [0.25, 0.3) is 0 Å². The molecule has 3 rings (SSSR count). The van der Waals surface area contributed by atoms with Crippen LogP contribution in [0, 0.1) is 18.4 Å². The van der Waals surface area contributed by atoms with Crippen LogP contribution in [-0.4, -0.2) is 26.8 Å². The molecule has 3 nitrogen and oxygen atoms in total. The third-order valence-electron chi connectivity index (χ3n) is 4.16. The van der Waals surface area contributed by atoms with Gasteiger partial charge >= 0.3 is 0 Å². The van der Waals surface area contributed by atoms with Crippen molar-refractivity contribution in [3.8, 4) is 11.5 Å². The standard InChI is InChI=1S/C20H22ClNO2SSi/c1-15-5-11-18(12-6-15)25(23,24)22-19(13-14-26(2,3)4)20(22)16-7-9-17(21)10-8-16/h5-12,19-20H,1-4H3/t19-,20-,22?/m1/s1. The molecule has 1 aliphatic heterocycles. The van der Waals surface area contributed by atoms with Gasteiger partial charge in [-0.1, -0.05) is 67.0 Å². The van der Waals surface area contributed by atoms with E-state index in [2.05, 4.69) is 31.1 Å². The summed E-state index contributed by atoms with van der Waals surface area (Å²) >= 11 is 5.98. The minimum absolute atomic E-state index is 0.262. The van der Waals surface area contributed by atoms with E-state index in [1.54, 1.807) is 24.3 Å². The molecule has 1 aliphatic rings. The third kappa shape index (κ3) is 4.05. The number of benzene rings is 2. The normalized spacial score (nSPS) is 22.4. The Hall–Kier alpha value is -1.58. The second-order valence-electron chi connectivity index (χ2n) is 7.61. The van der Waals surface area contributed by atoms with Crippen molar-refractivity contribution in [2.24, 2.45) is 0 Å². The van der Waals surface area contributed by atoms with Crippen molar-refractivity contribution in [3.05, 3.63) is 64.7 Å². The molecule has 1 heterocycles. The van der Waals surface area contributed by atoms with Crippen LogP contribution in [-0.2, 0) is 10.0 Å². The zero-order chi connectivity index (χ0) is 19.1. The summed E-state index contributed by atoms with van der Waals surface area (Å²) in [6.45, 7) is 8.39. The van der Waals surface area contributed by atoms with Gasteiger partial charge in [0.2, 0.25) is 10.0 Å². The molecule has 0 bridgehead atoms. The van der Waals surface area contributed by atoms with Crippen molar-refractivity contribution >= 4 is 29.7 Å². The Balaban J connectivity index is 1.99. The summed E-state index contributed by atoms with van der Waals surface area (Å²) in [5.74, 6) is 3.22. The Morgan fingerprint density at radius 3 is 2.12 bits per heavy atom. The molecule has 1 saturated heterocycles. The van der Waals surface area contributed by atoms with Gasteiger partial charge in [0, 0.05) is 5.02 Å². The maximum absolute atomic E-state index is 13.1. The molecule has 2 aromatic rings. The smallest absolute Gasteiger partial charge is 0.207 e. The van der Waals surface area contributed by atoms with E-state index >= 15 is 0 Å². The zero-order valence-corrected chi connectivity index (χ0v) is 17.9. The van der Waals surface area contributed by atoms with Crippen LogP contribution in [0.3, 0.4) is 0 Å². The Morgan fingerprint density at radius 1 is 1.00 bits per heavy atom. The molecule has 0 radical (unpaired) electrons. The fourth-order valence-electron chi connectivity index (χ4n) is 2.76. The number of nitrogens with zero attached hydrogens (tertiary/aromatic N) is 1. The third-order valence-corrected chi connectivity index (χ3v) is 7.18. The lowest BCUT2D eigenvalue weighted by molar-refractivity contribution is 0.551. The van der Waals surface area contributed by atoms with E-state index in [9.17, 15) is 8.42 Å². The van der Waals surface area contributed by atoms with Crippen LogP contribution in [0.1, 0.15) is 17.2 Å². The van der Waals surface area contributed by atoms with Gasteiger partial charge in [0.15, 0.2) is 0 Å². The quantitative estimate of drug-likeness (QED) is 0.425. The molecule has 0 amide bonds. The minimum Gasteiger partial charge on any atom is -0.207 e. The molecule has 1 unspecified atom stereocenters. The minimum atomic E-state index is -3.59. The van der Waals surface area contributed by atoms with Crippen LogP contribution in [0.5, 0.6) is 0 Å². The lowest BCUT2D eigenvalue weighted by atomic mass is 10.1. The number of halogens is 1. The van der Waals surface area contributed by atoms with Gasteiger partial charge in [-0.3, -0.25) is 0 Å². The van der Waals surface area contributed by atoms with Gasteiger partial charge in [-0.05, 0) is 36.8 Å². The highest BCUT2D eigenvalue weighted by atomic mass is 35.5. The van der Waals surface area contributed by atoms with E-state index in [-0.39, 0.29) is 12.1 Å². The second kappa shape index (κ2) is 6.86. The number of hydrogen-bond donors (Lipinski definition) is 0. The predicted octanol–water partition coefficient (Wildman–Crippen LogP) is 4.64. The fraction of sp³-hybridized carbons (Fsp3) is 0.300. The largest absolute Gasteiger partial charge is 0.244 e. The van der Waals surface area contributed by atoms with E-state index in [0.29, 0.717) is 9.92 Å². The Morgan fingerprint density at radius 2 is 1.58 bits per heavy atom. The van der Waals surface area contributed by atoms with Crippen molar-refractivity contribution in [1.82, 2.24) is 4.31 Å². The summed E-state index contributed by atoms with van der Waals surface area (Å²) in [7, 11) is -5.19. The second-order valence-corrected chi connectivity index (χ2v) is 14.6. The van der Waals surface area contributed by atoms with Gasteiger partial charge in [-0.2, -0.15) is 4.31 Å². The van der Waals surface area contributed by atoms with Gasteiger partial charge < -0.3 is 0 Å². The Kier molecular flexibility index (Phi) is 5.06. The van der Waals surface area contributed by atoms with Crippen molar-refractivity contribution in [3.63, 3.8) is 0 Å². The van der Waals surface area contributed by atoms with Crippen LogP contribution in [0.4, 0.5) is 0 Å². The Bertz CT molecular complexity index is 968. The first-order valence-electron chi connectivity index (χ1n) is 8.48. The van der Waals surface area contributed by atoms with E-state index < -0.39 is 18.1 Å². The summed E-state index contributed by atoms with van der Waals surface area (Å²) in [6.07, 6.45) is 0. The highest BCUT2D eigenvalue weighted by Gasteiger charge is 2.55. The van der Waals surface area contributed by atoms with Crippen LogP contribution in [0.15, 0.2) is 53.4 Å². The van der Waals surface area contributed by atoms with E-state index in [1.165, 1.54) is 4.31 Å². The van der Waals surface area contributed by atoms with Crippen LogP contribution < -0.4 is 0 Å². The molecule has 2 aromatic carbocycles. The van der Waals surface area contributed by atoms with Crippen LogP contribution >= 0.6 is 11.6 Å². The molecular weight excluding hydrogens is 382 g/mol. The molecule has 0 aromatic heterocycles. The molecule has 0 N–H and O–H groups in total. The topological polar surface area (TPSA) is 37.1 Å². The summed E-state index contributed by atoms with van der Waals surface area (Å²) < 4.78 is 27.8. The maximum atomic E-state index is 13.1. The summed E-state index contributed by atoms with van der Waals surface area (Å²) in [5.41, 5.74) is 5.26. The monoisotopic (exact) mass is 403 g/mol. The highest BCUT2D eigenvalue weighted by Crippen LogP contribution is 2.47. The molecule has 136 valence electrons. The van der Waals surface area contributed by atoms with E-state index in [1.807, 2.05) is 31.2 Å². The molecular formula is C20H22ClNO2SSi. The van der Waals surface area contributed by atoms with Gasteiger partial charge in [0.05, 0.1) is 10.9 Å². The average Bonchev–Trinajstić information content (AvgIpc) is 3.29. The first-order chi connectivity index (χ1) is 12.1. The number of sulfonamides is 1. The maximum Gasteiger partial charge on any atom is 0.244 e. The average molecular weight is 404 g/mol. The number of rotatable bonds is 3. The fourth-order valence-corrected chi connectivity index (χ4v) is 5.14. The summed E-state index contributed by atoms with van der Waals surface area (Å²) in [6, 6.07) is 13.7. The summed E-state index contributed by atoms with van der Waals surface area (Å²) in [5, 5.41) is 0.632. The first-order valence-corrected chi connectivity index (χ1v) is 13.8. The zero-order valence-electron chi connectivity index (χ0n) is 15.3. The molecule has 0 saturated carbocycles. The van der Waals surface area contributed by atoms with Gasteiger partial charge in [-0.25, -0.2) is 8.42 Å². The van der Waals surface area contributed by atoms with Gasteiger partial charge in [-0.15, -0.1) is 5.54 Å². The van der Waals surface area contributed by atoms with Gasteiger partial charge in [0.1, 0.15) is 14.1 Å². The van der Waals surface area contributed by atoms with Crippen molar-refractivity contribution < 1.29 is 8.42 Å². The molecule has 26 heavy (non-hydrogen) atoms. The van der Waals surface area contributed by atoms with Crippen molar-refractivity contribution in [1.29, 1.82) is 0 Å². The molecule has 1 fully saturated rings. The number of aryl methyl sites for hydroxylation is 1. The van der Waals surface area contributed by atoms with Crippen LogP contribution in [0.2, 0.25) is 24.7 Å². The van der Waals surface area contributed by atoms with E-state index in [4.69, 9.17) is 11.6 Å². The number of hydrogen-bond acceptors (Lipinski definition) is 2. The van der Waals surface area contributed by atoms with Crippen molar-refractivity contribution in [2.45, 2.75) is 43.5 Å². The molecule has 0 aliphatic carbocycles. The lowest BCUT2D eigenvalue weighted by Gasteiger charge is -2.07. The lowest BCUT2D eigenvalue weighted by Crippen LogP contribution is -2.18. The SMILES string of the molecule is Cc1ccc(S(=O)(=O)N2[C@H](C#C[Si](C)(C)C)[C@H]2c2ccc(Cl)cc2)cc1. The first kappa shape index (κ1) is 19.2. The highest BCUT2D eigenvalue weighted by molar-refractivity contribution is 7.89. The molecule has 6 heteroatoms. The molecule has 3 atom stereocenters. The summed E-state index contributed by atoms with van der Waals surface area (Å²) in [4.78, 5) is 0.305. The van der Waals surface area contributed by atoms with E-state index in [0.717, 1.165) is 11.1 Å². The Labute approximate surface area is 162 Å². The predicted molar refractivity (Wildman–Crippen MR) is 109 cm³/mol. The van der Waals surface area contributed by atoms with Gasteiger partial charge in [0.25, 0.3) is 0 Å².